The maximum atomic E-state index is 11.8. The molecule has 0 saturated carbocycles. The van der Waals surface area contributed by atoms with Crippen molar-refractivity contribution in [3.8, 4) is 0 Å². The van der Waals surface area contributed by atoms with E-state index >= 15 is 0 Å². The molecule has 0 atom stereocenters. The van der Waals surface area contributed by atoms with Gasteiger partial charge in [-0.1, -0.05) is 18.2 Å². The molecule has 1 saturated heterocycles. The fraction of sp³-hybridized carbons (Fsp3) is 0.429. The van der Waals surface area contributed by atoms with Crippen LogP contribution in [0.3, 0.4) is 0 Å². The van der Waals surface area contributed by atoms with Gasteiger partial charge in [0.15, 0.2) is 0 Å². The quantitative estimate of drug-likeness (QED) is 0.863. The molecule has 1 aromatic rings. The highest BCUT2D eigenvalue weighted by Gasteiger charge is 2.21. The molecule has 1 fully saturated rings. The molecule has 19 heavy (non-hydrogen) atoms. The first-order valence-corrected chi connectivity index (χ1v) is 6.53. The molecule has 0 bridgehead atoms. The first-order chi connectivity index (χ1) is 9.16. The minimum Gasteiger partial charge on any atom is -0.370 e. The van der Waals surface area contributed by atoms with Crippen molar-refractivity contribution in [2.24, 2.45) is 5.73 Å². The Kier molecular flexibility index (Phi) is 4.39. The summed E-state index contributed by atoms with van der Waals surface area (Å²) >= 11 is 0. The number of nitrogens with zero attached hydrogens (tertiary/aromatic N) is 2. The summed E-state index contributed by atoms with van der Waals surface area (Å²) in [4.78, 5) is 26.6. The zero-order valence-electron chi connectivity index (χ0n) is 10.9. The third-order valence-corrected chi connectivity index (χ3v) is 3.34. The van der Waals surface area contributed by atoms with Gasteiger partial charge in [-0.15, -0.1) is 0 Å². The highest BCUT2D eigenvalue weighted by atomic mass is 16.2. The van der Waals surface area contributed by atoms with Gasteiger partial charge in [-0.3, -0.25) is 9.59 Å². The molecule has 1 aromatic carbocycles. The van der Waals surface area contributed by atoms with Crippen LogP contribution in [0.4, 0.5) is 5.69 Å². The lowest BCUT2D eigenvalue weighted by Gasteiger charge is -2.36. The van der Waals surface area contributed by atoms with Crippen molar-refractivity contribution in [1.29, 1.82) is 0 Å². The molecule has 0 aliphatic carbocycles. The van der Waals surface area contributed by atoms with E-state index in [4.69, 9.17) is 5.73 Å². The molecular weight excluding hydrogens is 242 g/mol. The summed E-state index contributed by atoms with van der Waals surface area (Å²) in [7, 11) is 0. The van der Waals surface area contributed by atoms with E-state index in [1.165, 1.54) is 5.69 Å². The zero-order chi connectivity index (χ0) is 13.7. The predicted molar refractivity (Wildman–Crippen MR) is 73.7 cm³/mol. The number of piperazine rings is 1. The first-order valence-electron chi connectivity index (χ1n) is 6.53. The molecule has 2 N–H and O–H groups in total. The third kappa shape index (κ3) is 3.71. The summed E-state index contributed by atoms with van der Waals surface area (Å²) in [6.45, 7) is 3.05. The van der Waals surface area contributed by atoms with Gasteiger partial charge in [0.2, 0.25) is 11.8 Å². The van der Waals surface area contributed by atoms with Crippen LogP contribution < -0.4 is 10.6 Å². The SMILES string of the molecule is NC(=O)CCC(=O)N1CCN(c2ccccc2)CC1. The zero-order valence-corrected chi connectivity index (χ0v) is 10.9. The van der Waals surface area contributed by atoms with Crippen molar-refractivity contribution < 1.29 is 9.59 Å². The molecule has 0 unspecified atom stereocenters. The highest BCUT2D eigenvalue weighted by Crippen LogP contribution is 2.15. The summed E-state index contributed by atoms with van der Waals surface area (Å²) in [6, 6.07) is 10.2. The van der Waals surface area contributed by atoms with Crippen molar-refractivity contribution in [2.75, 3.05) is 31.1 Å². The van der Waals surface area contributed by atoms with E-state index in [9.17, 15) is 9.59 Å². The second-order valence-electron chi connectivity index (χ2n) is 4.67. The fourth-order valence-corrected chi connectivity index (χ4v) is 2.24. The van der Waals surface area contributed by atoms with E-state index in [2.05, 4.69) is 17.0 Å². The van der Waals surface area contributed by atoms with Crippen molar-refractivity contribution >= 4 is 17.5 Å². The standard InChI is InChI=1S/C14H19N3O2/c15-13(18)6-7-14(19)17-10-8-16(9-11-17)12-4-2-1-3-5-12/h1-5H,6-11H2,(H2,15,18). The van der Waals surface area contributed by atoms with Crippen LogP contribution in [0, 0.1) is 0 Å². The number of carbonyl (C=O) groups excluding carboxylic acids is 2. The van der Waals surface area contributed by atoms with E-state index in [1.807, 2.05) is 23.1 Å². The molecule has 1 aliphatic rings. The number of hydrogen-bond acceptors (Lipinski definition) is 3. The summed E-state index contributed by atoms with van der Waals surface area (Å²) in [5.41, 5.74) is 6.24. The van der Waals surface area contributed by atoms with Crippen LogP contribution in [0.2, 0.25) is 0 Å². The maximum Gasteiger partial charge on any atom is 0.223 e. The number of amides is 2. The topological polar surface area (TPSA) is 66.6 Å². The fourth-order valence-electron chi connectivity index (χ4n) is 2.24. The third-order valence-electron chi connectivity index (χ3n) is 3.34. The van der Waals surface area contributed by atoms with Gasteiger partial charge in [0.25, 0.3) is 0 Å². The Labute approximate surface area is 113 Å². The second-order valence-corrected chi connectivity index (χ2v) is 4.67. The number of hydrogen-bond donors (Lipinski definition) is 1. The predicted octanol–water partition coefficient (Wildman–Crippen LogP) is 0.601. The Balaban J connectivity index is 1.82. The normalized spacial score (nSPS) is 15.4. The average Bonchev–Trinajstić information content (AvgIpc) is 2.46. The molecule has 5 heteroatoms. The smallest absolute Gasteiger partial charge is 0.223 e. The van der Waals surface area contributed by atoms with Crippen LogP contribution >= 0.6 is 0 Å². The van der Waals surface area contributed by atoms with Gasteiger partial charge < -0.3 is 15.5 Å². The molecule has 1 aliphatic heterocycles. The summed E-state index contributed by atoms with van der Waals surface area (Å²) in [5.74, 6) is -0.400. The van der Waals surface area contributed by atoms with E-state index in [0.29, 0.717) is 13.1 Å². The molecule has 1 heterocycles. The Morgan fingerprint density at radius 1 is 1.00 bits per heavy atom. The molecule has 0 aromatic heterocycles. The Bertz CT molecular complexity index is 439. The summed E-state index contributed by atoms with van der Waals surface area (Å²) in [6.07, 6.45) is 0.360. The maximum absolute atomic E-state index is 11.8. The minimum absolute atomic E-state index is 0.0199. The molecule has 102 valence electrons. The number of carbonyl (C=O) groups is 2. The molecule has 5 nitrogen and oxygen atoms in total. The van der Waals surface area contributed by atoms with Crippen LogP contribution in [0.1, 0.15) is 12.8 Å². The lowest BCUT2D eigenvalue weighted by atomic mass is 10.2. The van der Waals surface area contributed by atoms with E-state index in [0.717, 1.165) is 13.1 Å². The van der Waals surface area contributed by atoms with Crippen LogP contribution in [0.15, 0.2) is 30.3 Å². The monoisotopic (exact) mass is 261 g/mol. The average molecular weight is 261 g/mol. The van der Waals surface area contributed by atoms with Crippen molar-refractivity contribution in [2.45, 2.75) is 12.8 Å². The summed E-state index contributed by atoms with van der Waals surface area (Å²) < 4.78 is 0. The number of anilines is 1. The van der Waals surface area contributed by atoms with Crippen molar-refractivity contribution in [1.82, 2.24) is 4.90 Å². The molecule has 0 radical (unpaired) electrons. The second kappa shape index (κ2) is 6.22. The number of primary amides is 1. The lowest BCUT2D eigenvalue weighted by Crippen LogP contribution is -2.48. The van der Waals surface area contributed by atoms with Gasteiger partial charge in [0, 0.05) is 44.7 Å². The van der Waals surface area contributed by atoms with E-state index < -0.39 is 5.91 Å². The largest absolute Gasteiger partial charge is 0.370 e. The van der Waals surface area contributed by atoms with E-state index in [-0.39, 0.29) is 18.7 Å². The Morgan fingerprint density at radius 3 is 2.21 bits per heavy atom. The van der Waals surface area contributed by atoms with Crippen molar-refractivity contribution in [3.63, 3.8) is 0 Å². The van der Waals surface area contributed by atoms with Crippen LogP contribution in [0.5, 0.6) is 0 Å². The van der Waals surface area contributed by atoms with Crippen molar-refractivity contribution in [3.05, 3.63) is 30.3 Å². The van der Waals surface area contributed by atoms with Crippen LogP contribution in [-0.2, 0) is 9.59 Å². The number of nitrogens with two attached hydrogens (primary N) is 1. The number of para-hydroxylation sites is 1. The van der Waals surface area contributed by atoms with Gasteiger partial charge in [0.1, 0.15) is 0 Å². The van der Waals surface area contributed by atoms with Gasteiger partial charge in [-0.2, -0.15) is 0 Å². The molecule has 2 amide bonds. The van der Waals surface area contributed by atoms with Gasteiger partial charge in [-0.25, -0.2) is 0 Å². The molecule has 2 rings (SSSR count). The first kappa shape index (κ1) is 13.4. The molecule has 0 spiro atoms. The van der Waals surface area contributed by atoms with Gasteiger partial charge >= 0.3 is 0 Å². The number of benzene rings is 1. The Morgan fingerprint density at radius 2 is 1.63 bits per heavy atom. The van der Waals surface area contributed by atoms with Gasteiger partial charge in [0.05, 0.1) is 0 Å². The number of rotatable bonds is 4. The highest BCUT2D eigenvalue weighted by molar-refractivity contribution is 5.83. The van der Waals surface area contributed by atoms with Crippen LogP contribution in [0.25, 0.3) is 0 Å². The molecular formula is C14H19N3O2. The van der Waals surface area contributed by atoms with Crippen LogP contribution in [-0.4, -0.2) is 42.9 Å². The minimum atomic E-state index is -0.420. The Hall–Kier alpha value is -2.04. The lowest BCUT2D eigenvalue weighted by molar-refractivity contribution is -0.133. The summed E-state index contributed by atoms with van der Waals surface area (Å²) in [5, 5.41) is 0. The van der Waals surface area contributed by atoms with Gasteiger partial charge in [-0.05, 0) is 12.1 Å². The van der Waals surface area contributed by atoms with E-state index in [1.54, 1.807) is 0 Å².